The average Bonchev–Trinajstić information content (AvgIpc) is 2.61. The number of thioether (sulfide) groups is 1. The first-order chi connectivity index (χ1) is 7.70. The number of alkyl halides is 1. The largest absolute Gasteiger partial charge is 0.378 e. The van der Waals surface area contributed by atoms with Gasteiger partial charge >= 0.3 is 0 Å². The summed E-state index contributed by atoms with van der Waals surface area (Å²) in [6, 6.07) is 5.83. The van der Waals surface area contributed by atoms with E-state index in [0.29, 0.717) is 6.61 Å². The summed E-state index contributed by atoms with van der Waals surface area (Å²) < 4.78 is 18.9. The van der Waals surface area contributed by atoms with E-state index in [1.165, 1.54) is 10.5 Å². The lowest BCUT2D eigenvalue weighted by Gasteiger charge is -2.35. The molecule has 4 heteroatoms. The number of fused-ring (bicyclic) bond motifs is 1. The van der Waals surface area contributed by atoms with Gasteiger partial charge in [-0.15, -0.1) is 11.8 Å². The molecule has 0 amide bonds. The zero-order chi connectivity index (χ0) is 11.2. The predicted molar refractivity (Wildman–Crippen MR) is 64.1 cm³/mol. The van der Waals surface area contributed by atoms with Crippen LogP contribution in [0.15, 0.2) is 23.1 Å². The maximum absolute atomic E-state index is 14.0. The van der Waals surface area contributed by atoms with Crippen LogP contribution in [0.4, 0.5) is 4.39 Å². The zero-order valence-electron chi connectivity index (χ0n) is 8.71. The van der Waals surface area contributed by atoms with Gasteiger partial charge in [0.1, 0.15) is 6.17 Å². The van der Waals surface area contributed by atoms with Crippen molar-refractivity contribution in [3.63, 3.8) is 0 Å². The molecule has 2 aliphatic rings. The van der Waals surface area contributed by atoms with Crippen LogP contribution in [-0.4, -0.2) is 24.1 Å². The van der Waals surface area contributed by atoms with Crippen molar-refractivity contribution in [3.8, 4) is 0 Å². The van der Waals surface area contributed by atoms with E-state index in [1.807, 2.05) is 18.2 Å². The third-order valence-corrected chi connectivity index (χ3v) is 5.19. The number of benzene rings is 1. The first-order valence-corrected chi connectivity index (χ1v) is 6.58. The SMILES string of the molecule is FC1COCCC12Cc1cc(Cl)ccc1S2. The molecule has 2 atom stereocenters. The zero-order valence-corrected chi connectivity index (χ0v) is 10.3. The van der Waals surface area contributed by atoms with Crippen molar-refractivity contribution >= 4 is 23.4 Å². The van der Waals surface area contributed by atoms with Gasteiger partial charge in [-0.1, -0.05) is 11.6 Å². The summed E-state index contributed by atoms with van der Waals surface area (Å²) in [4.78, 5) is 1.17. The lowest BCUT2D eigenvalue weighted by Crippen LogP contribution is -2.44. The van der Waals surface area contributed by atoms with Gasteiger partial charge in [-0.25, -0.2) is 4.39 Å². The molecule has 2 unspecified atom stereocenters. The van der Waals surface area contributed by atoms with E-state index in [1.54, 1.807) is 11.8 Å². The van der Waals surface area contributed by atoms with Crippen molar-refractivity contribution < 1.29 is 9.13 Å². The highest BCUT2D eigenvalue weighted by Crippen LogP contribution is 2.51. The third-order valence-electron chi connectivity index (χ3n) is 3.33. The molecule has 1 aromatic rings. The smallest absolute Gasteiger partial charge is 0.139 e. The molecule has 1 spiro atoms. The van der Waals surface area contributed by atoms with E-state index in [4.69, 9.17) is 16.3 Å². The molecule has 0 radical (unpaired) electrons. The van der Waals surface area contributed by atoms with Crippen LogP contribution in [0, 0.1) is 0 Å². The van der Waals surface area contributed by atoms with Gasteiger partial charge in [0.25, 0.3) is 0 Å². The van der Waals surface area contributed by atoms with Crippen molar-refractivity contribution in [3.05, 3.63) is 28.8 Å². The fourth-order valence-corrected chi connectivity index (χ4v) is 4.06. The van der Waals surface area contributed by atoms with Crippen LogP contribution >= 0.6 is 23.4 Å². The van der Waals surface area contributed by atoms with Crippen LogP contribution in [0.1, 0.15) is 12.0 Å². The Balaban J connectivity index is 1.93. The van der Waals surface area contributed by atoms with Crippen molar-refractivity contribution in [2.24, 2.45) is 0 Å². The quantitative estimate of drug-likeness (QED) is 0.705. The molecule has 0 N–H and O–H groups in total. The molecule has 1 saturated heterocycles. The van der Waals surface area contributed by atoms with Crippen LogP contribution in [-0.2, 0) is 11.2 Å². The highest BCUT2D eigenvalue weighted by Gasteiger charge is 2.47. The van der Waals surface area contributed by atoms with E-state index in [2.05, 4.69) is 0 Å². The van der Waals surface area contributed by atoms with Crippen LogP contribution in [0.5, 0.6) is 0 Å². The van der Waals surface area contributed by atoms with Crippen LogP contribution < -0.4 is 0 Å². The number of rotatable bonds is 0. The Morgan fingerprint density at radius 2 is 2.38 bits per heavy atom. The van der Waals surface area contributed by atoms with Gasteiger partial charge in [0.2, 0.25) is 0 Å². The highest BCUT2D eigenvalue weighted by molar-refractivity contribution is 8.01. The molecule has 0 bridgehead atoms. The second kappa shape index (κ2) is 3.90. The van der Waals surface area contributed by atoms with Crippen LogP contribution in [0.3, 0.4) is 0 Å². The van der Waals surface area contributed by atoms with E-state index >= 15 is 0 Å². The van der Waals surface area contributed by atoms with Crippen LogP contribution in [0.2, 0.25) is 5.02 Å². The maximum atomic E-state index is 14.0. The van der Waals surface area contributed by atoms with Crippen molar-refractivity contribution in [2.75, 3.05) is 13.2 Å². The summed E-state index contributed by atoms with van der Waals surface area (Å²) in [5.41, 5.74) is 1.18. The Hall–Kier alpha value is -0.250. The topological polar surface area (TPSA) is 9.23 Å². The van der Waals surface area contributed by atoms with E-state index in [9.17, 15) is 4.39 Å². The predicted octanol–water partition coefficient (Wildman–Crippen LogP) is 3.49. The van der Waals surface area contributed by atoms with Gasteiger partial charge in [-0.05, 0) is 36.6 Å². The summed E-state index contributed by atoms with van der Waals surface area (Å²) >= 11 is 7.62. The summed E-state index contributed by atoms with van der Waals surface area (Å²) in [6.07, 6.45) is 0.681. The monoisotopic (exact) mass is 258 g/mol. The normalized spacial score (nSPS) is 33.0. The lowest BCUT2D eigenvalue weighted by molar-refractivity contribution is 0.0133. The number of hydrogen-bond acceptors (Lipinski definition) is 2. The van der Waals surface area contributed by atoms with Crippen molar-refractivity contribution in [1.29, 1.82) is 0 Å². The van der Waals surface area contributed by atoms with Crippen LogP contribution in [0.25, 0.3) is 0 Å². The molecular weight excluding hydrogens is 247 g/mol. The first kappa shape index (κ1) is 10.9. The Labute approximate surface area is 103 Å². The van der Waals surface area contributed by atoms with E-state index in [0.717, 1.165) is 17.9 Å². The van der Waals surface area contributed by atoms with Gasteiger partial charge in [0, 0.05) is 16.5 Å². The average molecular weight is 259 g/mol. The molecule has 16 heavy (non-hydrogen) atoms. The summed E-state index contributed by atoms with van der Waals surface area (Å²) in [6.45, 7) is 0.893. The molecular formula is C12H12ClFOS. The molecule has 0 aliphatic carbocycles. The summed E-state index contributed by atoms with van der Waals surface area (Å²) in [5, 5.41) is 0.735. The molecule has 1 aromatic carbocycles. The van der Waals surface area contributed by atoms with Gasteiger partial charge in [0.05, 0.1) is 11.4 Å². The molecule has 3 rings (SSSR count). The van der Waals surface area contributed by atoms with Gasteiger partial charge < -0.3 is 4.74 Å². The van der Waals surface area contributed by atoms with Gasteiger partial charge in [-0.2, -0.15) is 0 Å². The number of halogens is 2. The number of ether oxygens (including phenoxy) is 1. The Bertz CT molecular complexity index is 425. The highest BCUT2D eigenvalue weighted by atomic mass is 35.5. The number of hydrogen-bond donors (Lipinski definition) is 0. The Kier molecular flexibility index (Phi) is 2.65. The second-order valence-electron chi connectivity index (χ2n) is 4.39. The van der Waals surface area contributed by atoms with Crippen molar-refractivity contribution in [2.45, 2.75) is 28.7 Å². The Morgan fingerprint density at radius 3 is 3.19 bits per heavy atom. The minimum absolute atomic E-state index is 0.231. The van der Waals surface area contributed by atoms with Gasteiger partial charge in [0.15, 0.2) is 0 Å². The molecule has 2 heterocycles. The minimum atomic E-state index is -0.877. The lowest BCUT2D eigenvalue weighted by atomic mass is 9.90. The first-order valence-electron chi connectivity index (χ1n) is 5.39. The van der Waals surface area contributed by atoms with E-state index < -0.39 is 6.17 Å². The summed E-state index contributed by atoms with van der Waals surface area (Å²) in [7, 11) is 0. The fraction of sp³-hybridized carbons (Fsp3) is 0.500. The molecule has 1 fully saturated rings. The fourth-order valence-electron chi connectivity index (χ4n) is 2.42. The molecule has 2 aliphatic heterocycles. The standard InChI is InChI=1S/C12H12ClFOS/c13-9-1-2-10-8(5-9)6-12(16-10)3-4-15-7-11(12)14/h1-2,5,11H,3-4,6-7H2. The van der Waals surface area contributed by atoms with Crippen molar-refractivity contribution in [1.82, 2.24) is 0 Å². The molecule has 0 saturated carbocycles. The Morgan fingerprint density at radius 1 is 1.50 bits per heavy atom. The summed E-state index contributed by atoms with van der Waals surface area (Å²) in [5.74, 6) is 0. The molecule has 86 valence electrons. The third kappa shape index (κ3) is 1.66. The molecule has 1 nitrogen and oxygen atoms in total. The maximum Gasteiger partial charge on any atom is 0.139 e. The van der Waals surface area contributed by atoms with Gasteiger partial charge in [-0.3, -0.25) is 0 Å². The second-order valence-corrected chi connectivity index (χ2v) is 6.28. The van der Waals surface area contributed by atoms with E-state index in [-0.39, 0.29) is 11.4 Å². The minimum Gasteiger partial charge on any atom is -0.378 e. The molecule has 0 aromatic heterocycles.